The molecule has 136 valence electrons. The van der Waals surface area contributed by atoms with E-state index in [1.807, 2.05) is 0 Å². The number of methoxy groups -OCH3 is 1. The van der Waals surface area contributed by atoms with Crippen molar-refractivity contribution in [1.29, 1.82) is 0 Å². The zero-order valence-corrected chi connectivity index (χ0v) is 16.0. The third kappa shape index (κ3) is 3.62. The number of esters is 1. The van der Waals surface area contributed by atoms with Crippen LogP contribution in [-0.4, -0.2) is 48.1 Å². The van der Waals surface area contributed by atoms with Gasteiger partial charge in [-0.1, -0.05) is 11.8 Å². The van der Waals surface area contributed by atoms with Gasteiger partial charge in [-0.25, -0.2) is 27.5 Å². The van der Waals surface area contributed by atoms with Gasteiger partial charge in [0.15, 0.2) is 5.16 Å². The number of nitrogens with zero attached hydrogens (tertiary/aromatic N) is 3. The molecular weight excluding hydrogens is 392 g/mol. The Labute approximate surface area is 150 Å². The molecular formula is C12H14N4O6S3. The Morgan fingerprint density at radius 2 is 2.04 bits per heavy atom. The summed E-state index contributed by atoms with van der Waals surface area (Å²) in [6, 6.07) is -0.109. The maximum Gasteiger partial charge on any atom is 0.360 e. The van der Waals surface area contributed by atoms with Crippen molar-refractivity contribution >= 4 is 45.1 Å². The highest BCUT2D eigenvalue weighted by molar-refractivity contribution is 7.98. The van der Waals surface area contributed by atoms with Crippen LogP contribution in [0.15, 0.2) is 20.9 Å². The molecule has 0 aromatic carbocycles. The Hall–Kier alpha value is -2.12. The van der Waals surface area contributed by atoms with Crippen LogP contribution >= 0.6 is 23.1 Å². The smallest absolute Gasteiger partial charge is 0.360 e. The molecule has 2 aromatic heterocycles. The number of ether oxygens (including phenoxy) is 1. The van der Waals surface area contributed by atoms with E-state index in [1.165, 1.54) is 21.1 Å². The summed E-state index contributed by atoms with van der Waals surface area (Å²) in [6.07, 6.45) is 1.66. The molecule has 0 atom stereocenters. The number of rotatable bonds is 4. The van der Waals surface area contributed by atoms with Crippen LogP contribution in [0.3, 0.4) is 0 Å². The first-order valence-corrected chi connectivity index (χ1v) is 10.1. The summed E-state index contributed by atoms with van der Waals surface area (Å²) in [7, 11) is -1.72. The molecule has 0 unspecified atom stereocenters. The molecule has 2 heterocycles. The van der Waals surface area contributed by atoms with Crippen LogP contribution in [0.1, 0.15) is 14.5 Å². The Morgan fingerprint density at radius 1 is 1.40 bits per heavy atom. The van der Waals surface area contributed by atoms with Crippen LogP contribution in [0, 0.1) is 6.92 Å². The third-order valence-electron chi connectivity index (χ3n) is 3.09. The van der Waals surface area contributed by atoms with Gasteiger partial charge >= 0.3 is 17.7 Å². The number of carbonyl (C=O) groups is 2. The number of thiophene rings is 1. The molecule has 1 N–H and O–H groups in total. The molecule has 0 saturated carbocycles. The average molecular weight is 406 g/mol. The summed E-state index contributed by atoms with van der Waals surface area (Å²) in [6.45, 7) is 1.48. The summed E-state index contributed by atoms with van der Waals surface area (Å²) in [5, 5.41) is 4.00. The van der Waals surface area contributed by atoms with E-state index < -0.39 is 27.7 Å². The highest BCUT2D eigenvalue weighted by Crippen LogP contribution is 2.26. The standard InChI is InChI=1S/C12H14N4O6S3/c1-6-8(5-7(24-6)9(17)22-3)25(20,21)14-10(18)16-12(19)15(2)11(13-16)23-4/h5H,1-4H3,(H,14,18). The number of hydrogen-bond donors (Lipinski definition) is 1. The number of carbonyl (C=O) groups excluding carboxylic acids is 2. The van der Waals surface area contributed by atoms with Gasteiger partial charge in [-0.05, 0) is 19.2 Å². The highest BCUT2D eigenvalue weighted by atomic mass is 32.2. The van der Waals surface area contributed by atoms with E-state index in [2.05, 4.69) is 9.84 Å². The number of thioether (sulfide) groups is 1. The lowest BCUT2D eigenvalue weighted by atomic mass is 10.4. The second-order valence-electron chi connectivity index (χ2n) is 4.67. The molecule has 2 aromatic rings. The molecule has 0 saturated heterocycles. The summed E-state index contributed by atoms with van der Waals surface area (Å²) >= 11 is 2.04. The predicted molar refractivity (Wildman–Crippen MR) is 90.8 cm³/mol. The largest absolute Gasteiger partial charge is 0.465 e. The van der Waals surface area contributed by atoms with E-state index in [9.17, 15) is 22.8 Å². The molecule has 10 nitrogen and oxygen atoms in total. The van der Waals surface area contributed by atoms with Crippen molar-refractivity contribution < 1.29 is 22.7 Å². The second kappa shape index (κ2) is 7.01. The number of hydrogen-bond acceptors (Lipinski definition) is 9. The number of amides is 1. The summed E-state index contributed by atoms with van der Waals surface area (Å²) < 4.78 is 32.6. The quantitative estimate of drug-likeness (QED) is 0.571. The summed E-state index contributed by atoms with van der Waals surface area (Å²) in [5.74, 6) is -0.688. The van der Waals surface area contributed by atoms with Crippen LogP contribution in [0.4, 0.5) is 4.79 Å². The lowest BCUT2D eigenvalue weighted by Gasteiger charge is -2.05. The van der Waals surface area contributed by atoms with Crippen LogP contribution in [0.25, 0.3) is 0 Å². The molecule has 0 aliphatic rings. The first-order chi connectivity index (χ1) is 11.6. The van der Waals surface area contributed by atoms with E-state index in [4.69, 9.17) is 0 Å². The number of aromatic nitrogens is 3. The van der Waals surface area contributed by atoms with Crippen LogP contribution in [-0.2, 0) is 21.8 Å². The fourth-order valence-corrected chi connectivity index (χ4v) is 4.83. The predicted octanol–water partition coefficient (Wildman–Crippen LogP) is 0.407. The fourth-order valence-electron chi connectivity index (χ4n) is 1.88. The molecule has 0 spiro atoms. The molecule has 1 amide bonds. The minimum absolute atomic E-state index is 0.0764. The van der Waals surface area contributed by atoms with Gasteiger partial charge in [0.1, 0.15) is 9.77 Å². The number of nitrogens with one attached hydrogen (secondary N) is 1. The molecule has 13 heteroatoms. The van der Waals surface area contributed by atoms with Crippen molar-refractivity contribution in [2.24, 2.45) is 7.05 Å². The Morgan fingerprint density at radius 3 is 2.56 bits per heavy atom. The van der Waals surface area contributed by atoms with Gasteiger partial charge in [0.05, 0.1) is 7.11 Å². The molecule has 0 radical (unpaired) electrons. The molecule has 0 aliphatic carbocycles. The van der Waals surface area contributed by atoms with Gasteiger partial charge in [-0.2, -0.15) is 0 Å². The van der Waals surface area contributed by atoms with Gasteiger partial charge < -0.3 is 4.74 Å². The minimum atomic E-state index is -4.30. The van der Waals surface area contributed by atoms with Gasteiger partial charge in [-0.3, -0.25) is 4.57 Å². The lowest BCUT2D eigenvalue weighted by molar-refractivity contribution is 0.0606. The third-order valence-corrected chi connectivity index (χ3v) is 6.41. The first-order valence-electron chi connectivity index (χ1n) is 6.58. The first kappa shape index (κ1) is 19.2. The second-order valence-corrected chi connectivity index (χ2v) is 8.35. The molecule has 2 rings (SSSR count). The van der Waals surface area contributed by atoms with E-state index in [0.717, 1.165) is 33.7 Å². The van der Waals surface area contributed by atoms with E-state index >= 15 is 0 Å². The zero-order valence-electron chi connectivity index (χ0n) is 13.6. The lowest BCUT2D eigenvalue weighted by Crippen LogP contribution is -2.40. The van der Waals surface area contributed by atoms with Crippen LogP contribution in [0.2, 0.25) is 0 Å². The highest BCUT2D eigenvalue weighted by Gasteiger charge is 2.27. The van der Waals surface area contributed by atoms with E-state index in [1.54, 1.807) is 11.0 Å². The van der Waals surface area contributed by atoms with E-state index in [0.29, 0.717) is 9.56 Å². The van der Waals surface area contributed by atoms with Crippen molar-refractivity contribution in [1.82, 2.24) is 19.1 Å². The topological polar surface area (TPSA) is 129 Å². The van der Waals surface area contributed by atoms with Gasteiger partial charge in [0, 0.05) is 11.9 Å². The average Bonchev–Trinajstić information content (AvgIpc) is 3.08. The van der Waals surface area contributed by atoms with Crippen molar-refractivity contribution in [3.8, 4) is 0 Å². The van der Waals surface area contributed by atoms with Crippen molar-refractivity contribution in [2.45, 2.75) is 17.0 Å². The Kier molecular flexibility index (Phi) is 5.39. The van der Waals surface area contributed by atoms with Gasteiger partial charge in [0.25, 0.3) is 10.0 Å². The van der Waals surface area contributed by atoms with Gasteiger partial charge in [-0.15, -0.1) is 21.1 Å². The molecule has 0 fully saturated rings. The minimum Gasteiger partial charge on any atom is -0.465 e. The van der Waals surface area contributed by atoms with Crippen molar-refractivity contribution in [3.05, 3.63) is 26.3 Å². The van der Waals surface area contributed by atoms with Crippen LogP contribution < -0.4 is 10.4 Å². The normalized spacial score (nSPS) is 11.4. The van der Waals surface area contributed by atoms with Crippen LogP contribution in [0.5, 0.6) is 0 Å². The fraction of sp³-hybridized carbons (Fsp3) is 0.333. The monoisotopic (exact) mass is 406 g/mol. The maximum atomic E-state index is 12.4. The zero-order chi connectivity index (χ0) is 18.9. The van der Waals surface area contributed by atoms with Gasteiger partial charge in [0.2, 0.25) is 0 Å². The number of aryl methyl sites for hydroxylation is 1. The SMILES string of the molecule is COC(=O)c1cc(S(=O)(=O)NC(=O)n2nc(SC)n(C)c2=O)c(C)s1. The number of sulfonamides is 1. The molecule has 0 bridgehead atoms. The Balaban J connectivity index is 2.36. The summed E-state index contributed by atoms with van der Waals surface area (Å²) in [5.41, 5.74) is -0.783. The maximum absolute atomic E-state index is 12.4. The molecule has 0 aliphatic heterocycles. The summed E-state index contributed by atoms with van der Waals surface area (Å²) in [4.78, 5) is 35.7. The van der Waals surface area contributed by atoms with E-state index in [-0.39, 0.29) is 14.9 Å². The van der Waals surface area contributed by atoms with Crippen molar-refractivity contribution in [3.63, 3.8) is 0 Å². The van der Waals surface area contributed by atoms with Crippen molar-refractivity contribution in [2.75, 3.05) is 13.4 Å². The molecule has 25 heavy (non-hydrogen) atoms. The Bertz CT molecular complexity index is 1000.